The zero-order valence-electron chi connectivity index (χ0n) is 9.81. The van der Waals surface area contributed by atoms with Crippen molar-refractivity contribution in [3.63, 3.8) is 0 Å². The highest BCUT2D eigenvalue weighted by Gasteiger charge is 2.21. The zero-order chi connectivity index (χ0) is 13.7. The topological polar surface area (TPSA) is 86.6 Å². The molecule has 1 amide bonds. The minimum Gasteiger partial charge on any atom is -0.480 e. The van der Waals surface area contributed by atoms with Crippen molar-refractivity contribution in [3.05, 3.63) is 33.8 Å². The molecule has 5 nitrogen and oxygen atoms in total. The predicted octanol–water partition coefficient (Wildman–Crippen LogP) is 1.32. The van der Waals surface area contributed by atoms with Gasteiger partial charge in [-0.15, -0.1) is 0 Å². The maximum Gasteiger partial charge on any atom is 0.326 e. The summed E-state index contributed by atoms with van der Waals surface area (Å²) in [4.78, 5) is 22.8. The number of amides is 1. The minimum atomic E-state index is -1.17. The number of nitrogens with one attached hydrogen (secondary N) is 1. The number of aliphatic carboxylic acids is 1. The van der Waals surface area contributed by atoms with Crippen LogP contribution in [0.1, 0.15) is 22.3 Å². The van der Waals surface area contributed by atoms with Gasteiger partial charge < -0.3 is 15.5 Å². The fourth-order valence-electron chi connectivity index (χ4n) is 1.44. The number of aliphatic hydroxyl groups is 1. The molecule has 1 unspecified atom stereocenters. The number of carbonyl (C=O) groups excluding carboxylic acids is 1. The number of carbonyl (C=O) groups is 2. The molecular formula is C12H14BrNO4. The molecule has 0 spiro atoms. The Morgan fingerprint density at radius 1 is 1.44 bits per heavy atom. The summed E-state index contributed by atoms with van der Waals surface area (Å²) < 4.78 is 0.596. The van der Waals surface area contributed by atoms with E-state index in [2.05, 4.69) is 21.2 Å². The highest BCUT2D eigenvalue weighted by molar-refractivity contribution is 9.10. The quantitative estimate of drug-likeness (QED) is 0.765. The molecule has 3 N–H and O–H groups in total. The number of rotatable bonds is 5. The molecule has 98 valence electrons. The van der Waals surface area contributed by atoms with Crippen LogP contribution in [-0.2, 0) is 4.79 Å². The van der Waals surface area contributed by atoms with Crippen molar-refractivity contribution in [2.75, 3.05) is 6.61 Å². The number of halogens is 1. The molecule has 0 radical (unpaired) electrons. The lowest BCUT2D eigenvalue weighted by atomic mass is 10.1. The average Bonchev–Trinajstić information content (AvgIpc) is 2.31. The number of benzene rings is 1. The van der Waals surface area contributed by atoms with Crippen LogP contribution in [0.3, 0.4) is 0 Å². The van der Waals surface area contributed by atoms with Gasteiger partial charge in [-0.3, -0.25) is 4.79 Å². The van der Waals surface area contributed by atoms with Crippen LogP contribution in [0.25, 0.3) is 0 Å². The van der Waals surface area contributed by atoms with Crippen molar-refractivity contribution in [1.82, 2.24) is 5.32 Å². The molecule has 0 saturated carbocycles. The van der Waals surface area contributed by atoms with E-state index >= 15 is 0 Å². The second-order valence-corrected chi connectivity index (χ2v) is 4.71. The summed E-state index contributed by atoms with van der Waals surface area (Å²) in [5.74, 6) is -1.65. The molecule has 1 atom stereocenters. The summed E-state index contributed by atoms with van der Waals surface area (Å²) in [6.45, 7) is 1.54. The fourth-order valence-corrected chi connectivity index (χ4v) is 1.86. The Balaban J connectivity index is 2.86. The first kappa shape index (κ1) is 14.7. The van der Waals surface area contributed by atoms with Crippen molar-refractivity contribution in [2.45, 2.75) is 19.4 Å². The van der Waals surface area contributed by atoms with Gasteiger partial charge in [0.25, 0.3) is 5.91 Å². The molecule has 1 aromatic carbocycles. The third-order valence-corrected chi connectivity index (χ3v) is 3.08. The van der Waals surface area contributed by atoms with E-state index in [-0.39, 0.29) is 13.0 Å². The lowest BCUT2D eigenvalue weighted by Gasteiger charge is -2.14. The molecule has 1 aromatic rings. The van der Waals surface area contributed by atoms with E-state index in [1.807, 2.05) is 13.0 Å². The fraction of sp³-hybridized carbons (Fsp3) is 0.333. The molecular weight excluding hydrogens is 302 g/mol. The van der Waals surface area contributed by atoms with E-state index in [1.165, 1.54) is 0 Å². The molecule has 1 rings (SSSR count). The van der Waals surface area contributed by atoms with Crippen molar-refractivity contribution in [3.8, 4) is 0 Å². The van der Waals surface area contributed by atoms with Crippen molar-refractivity contribution >= 4 is 27.8 Å². The van der Waals surface area contributed by atoms with E-state index in [1.54, 1.807) is 12.1 Å². The number of hydrogen-bond acceptors (Lipinski definition) is 3. The van der Waals surface area contributed by atoms with Crippen LogP contribution in [0, 0.1) is 6.92 Å². The highest BCUT2D eigenvalue weighted by Crippen LogP contribution is 2.18. The molecule has 0 fully saturated rings. The number of hydrogen-bond donors (Lipinski definition) is 3. The average molecular weight is 316 g/mol. The smallest absolute Gasteiger partial charge is 0.326 e. The first-order valence-electron chi connectivity index (χ1n) is 5.36. The predicted molar refractivity (Wildman–Crippen MR) is 69.5 cm³/mol. The number of carboxylic acids is 1. The Hall–Kier alpha value is -1.40. The summed E-state index contributed by atoms with van der Waals surface area (Å²) in [7, 11) is 0. The van der Waals surface area contributed by atoms with Crippen LogP contribution in [-0.4, -0.2) is 34.7 Å². The third-order valence-electron chi connectivity index (χ3n) is 2.39. The second kappa shape index (κ2) is 6.51. The largest absolute Gasteiger partial charge is 0.480 e. The van der Waals surface area contributed by atoms with Gasteiger partial charge in [-0.2, -0.15) is 0 Å². The van der Waals surface area contributed by atoms with Crippen molar-refractivity contribution < 1.29 is 19.8 Å². The van der Waals surface area contributed by atoms with Gasteiger partial charge in [-0.1, -0.05) is 11.6 Å². The zero-order valence-corrected chi connectivity index (χ0v) is 11.4. The van der Waals surface area contributed by atoms with E-state index in [0.29, 0.717) is 10.0 Å². The maximum atomic E-state index is 11.9. The van der Waals surface area contributed by atoms with Crippen molar-refractivity contribution in [1.29, 1.82) is 0 Å². The second-order valence-electron chi connectivity index (χ2n) is 3.86. The normalized spacial score (nSPS) is 11.9. The Morgan fingerprint density at radius 2 is 2.11 bits per heavy atom. The minimum absolute atomic E-state index is 0.0233. The first-order valence-corrected chi connectivity index (χ1v) is 6.15. The molecule has 0 aliphatic rings. The lowest BCUT2D eigenvalue weighted by molar-refractivity contribution is -0.139. The summed E-state index contributed by atoms with van der Waals surface area (Å²) in [5, 5.41) is 20.0. The standard InChI is InChI=1S/C12H14BrNO4/c1-7-2-3-9(13)8(6-7)11(16)14-10(4-5-15)12(17)18/h2-3,6,10,15H,4-5H2,1H3,(H,14,16)(H,17,18). The highest BCUT2D eigenvalue weighted by atomic mass is 79.9. The summed E-state index contributed by atoms with van der Waals surface area (Å²) >= 11 is 3.24. The van der Waals surface area contributed by atoms with E-state index < -0.39 is 17.9 Å². The van der Waals surface area contributed by atoms with Gasteiger partial charge in [0.2, 0.25) is 0 Å². The SMILES string of the molecule is Cc1ccc(Br)c(C(=O)NC(CCO)C(=O)O)c1. The Kier molecular flexibility index (Phi) is 5.30. The maximum absolute atomic E-state index is 11.9. The number of aryl methyl sites for hydroxylation is 1. The van der Waals surface area contributed by atoms with E-state index in [9.17, 15) is 9.59 Å². The van der Waals surface area contributed by atoms with Gasteiger partial charge in [-0.05, 0) is 35.0 Å². The van der Waals surface area contributed by atoms with Crippen LogP contribution in [0.5, 0.6) is 0 Å². The summed E-state index contributed by atoms with van der Waals surface area (Å²) in [6, 6.07) is 4.14. The van der Waals surface area contributed by atoms with Crippen LogP contribution >= 0.6 is 15.9 Å². The van der Waals surface area contributed by atoms with Crippen LogP contribution in [0.2, 0.25) is 0 Å². The Labute approximate surface area is 113 Å². The molecule has 0 aromatic heterocycles. The monoisotopic (exact) mass is 315 g/mol. The van der Waals surface area contributed by atoms with Gasteiger partial charge >= 0.3 is 5.97 Å². The number of aliphatic hydroxyl groups excluding tert-OH is 1. The number of carboxylic acid groups (broad SMARTS) is 1. The lowest BCUT2D eigenvalue weighted by Crippen LogP contribution is -2.41. The van der Waals surface area contributed by atoms with Gasteiger partial charge in [0.15, 0.2) is 0 Å². The summed E-state index contributed by atoms with van der Waals surface area (Å²) in [5.41, 5.74) is 1.27. The molecule has 0 aliphatic heterocycles. The van der Waals surface area contributed by atoms with E-state index in [4.69, 9.17) is 10.2 Å². The molecule has 18 heavy (non-hydrogen) atoms. The van der Waals surface area contributed by atoms with Gasteiger partial charge in [0.05, 0.1) is 5.56 Å². The molecule has 0 bridgehead atoms. The molecule has 0 saturated heterocycles. The molecule has 6 heteroatoms. The van der Waals surface area contributed by atoms with Crippen LogP contribution in [0.4, 0.5) is 0 Å². The molecule has 0 heterocycles. The first-order chi connectivity index (χ1) is 8.45. The van der Waals surface area contributed by atoms with Gasteiger partial charge in [0.1, 0.15) is 6.04 Å². The van der Waals surface area contributed by atoms with Crippen molar-refractivity contribution in [2.24, 2.45) is 0 Å². The van der Waals surface area contributed by atoms with Gasteiger partial charge in [0, 0.05) is 17.5 Å². The molecule has 0 aliphatic carbocycles. The van der Waals surface area contributed by atoms with E-state index in [0.717, 1.165) is 5.56 Å². The third kappa shape index (κ3) is 3.82. The summed E-state index contributed by atoms with van der Waals surface area (Å²) in [6.07, 6.45) is -0.0233. The Bertz CT molecular complexity index is 461. The van der Waals surface area contributed by atoms with Crippen LogP contribution < -0.4 is 5.32 Å². The Morgan fingerprint density at radius 3 is 2.67 bits per heavy atom. The van der Waals surface area contributed by atoms with Gasteiger partial charge in [-0.25, -0.2) is 4.79 Å². The van der Waals surface area contributed by atoms with Crippen LogP contribution in [0.15, 0.2) is 22.7 Å².